The largest absolute Gasteiger partial charge is 0.507 e. The number of phenolic OH excluding ortho intramolecular Hbond substituents is 1. The Morgan fingerprint density at radius 1 is 0.867 bits per heavy atom. The first-order chi connectivity index (χ1) is 7.29. The summed E-state index contributed by atoms with van der Waals surface area (Å²) in [7, 11) is -0.442. The van der Waals surface area contributed by atoms with E-state index in [1.807, 2.05) is 36.4 Å². The molecule has 0 aromatic heterocycles. The Hall–Kier alpha value is -1.33. The summed E-state index contributed by atoms with van der Waals surface area (Å²) in [6.07, 6.45) is 0. The lowest BCUT2D eigenvalue weighted by atomic mass is 10.3. The molecule has 2 aromatic rings. The molecule has 0 unspecified atom stereocenters. The van der Waals surface area contributed by atoms with Crippen molar-refractivity contribution in [3.63, 3.8) is 0 Å². The van der Waals surface area contributed by atoms with E-state index in [4.69, 9.17) is 0 Å². The quantitative estimate of drug-likeness (QED) is 0.764. The lowest BCUT2D eigenvalue weighted by molar-refractivity contribution is 0.480. The summed E-state index contributed by atoms with van der Waals surface area (Å²) < 4.78 is 0. The van der Waals surface area contributed by atoms with E-state index >= 15 is 0 Å². The Bertz CT molecular complexity index is 439. The van der Waals surface area contributed by atoms with Gasteiger partial charge in [-0.2, -0.15) is 0 Å². The highest BCUT2D eigenvalue weighted by atomic mass is 31.1. The summed E-state index contributed by atoms with van der Waals surface area (Å²) in [5.74, 6) is 0.398. The molecule has 15 heavy (non-hydrogen) atoms. The van der Waals surface area contributed by atoms with Crippen molar-refractivity contribution in [2.75, 3.05) is 6.66 Å². The van der Waals surface area contributed by atoms with Crippen molar-refractivity contribution in [1.82, 2.24) is 0 Å². The SMILES string of the molecule is C[P@@](c1ccccc1)c1ccccc1O. The molecule has 1 nitrogen and oxygen atoms in total. The van der Waals surface area contributed by atoms with Crippen LogP contribution in [0.2, 0.25) is 0 Å². The molecule has 2 heteroatoms. The summed E-state index contributed by atoms with van der Waals surface area (Å²) in [6, 6.07) is 17.9. The monoisotopic (exact) mass is 216 g/mol. The minimum Gasteiger partial charge on any atom is -0.507 e. The number of hydrogen-bond acceptors (Lipinski definition) is 1. The van der Waals surface area contributed by atoms with Crippen LogP contribution in [-0.2, 0) is 0 Å². The average molecular weight is 216 g/mol. The lowest BCUT2D eigenvalue weighted by Crippen LogP contribution is -2.10. The van der Waals surface area contributed by atoms with Gasteiger partial charge in [0.25, 0.3) is 0 Å². The Kier molecular flexibility index (Phi) is 3.03. The molecule has 0 saturated heterocycles. The van der Waals surface area contributed by atoms with E-state index in [2.05, 4.69) is 18.8 Å². The minimum absolute atomic E-state index is 0.398. The average Bonchev–Trinajstić information content (AvgIpc) is 2.30. The van der Waals surface area contributed by atoms with Crippen LogP contribution < -0.4 is 10.6 Å². The molecular formula is C13H13OP. The van der Waals surface area contributed by atoms with Crippen LogP contribution in [0, 0.1) is 0 Å². The van der Waals surface area contributed by atoms with Gasteiger partial charge in [-0.05, 0) is 26.0 Å². The molecule has 76 valence electrons. The van der Waals surface area contributed by atoms with Crippen molar-refractivity contribution in [3.05, 3.63) is 54.6 Å². The summed E-state index contributed by atoms with van der Waals surface area (Å²) in [6.45, 7) is 2.17. The van der Waals surface area contributed by atoms with Gasteiger partial charge in [-0.3, -0.25) is 0 Å². The Labute approximate surface area is 91.1 Å². The van der Waals surface area contributed by atoms with Crippen LogP contribution in [-0.4, -0.2) is 11.8 Å². The second-order valence-electron chi connectivity index (χ2n) is 3.38. The Morgan fingerprint density at radius 3 is 2.13 bits per heavy atom. The van der Waals surface area contributed by atoms with Crippen LogP contribution >= 0.6 is 7.92 Å². The van der Waals surface area contributed by atoms with E-state index in [1.54, 1.807) is 6.07 Å². The normalized spacial score (nSPS) is 12.3. The molecule has 0 heterocycles. The van der Waals surface area contributed by atoms with E-state index in [-0.39, 0.29) is 0 Å². The van der Waals surface area contributed by atoms with E-state index in [0.717, 1.165) is 5.30 Å². The maximum Gasteiger partial charge on any atom is 0.123 e. The van der Waals surface area contributed by atoms with Crippen LogP contribution in [0.5, 0.6) is 5.75 Å². The van der Waals surface area contributed by atoms with Gasteiger partial charge >= 0.3 is 0 Å². The molecule has 1 N–H and O–H groups in total. The lowest BCUT2D eigenvalue weighted by Gasteiger charge is -2.13. The molecular weight excluding hydrogens is 203 g/mol. The fourth-order valence-corrected chi connectivity index (χ4v) is 3.16. The third-order valence-electron chi connectivity index (χ3n) is 2.39. The zero-order valence-corrected chi connectivity index (χ0v) is 9.49. The highest BCUT2D eigenvalue weighted by Crippen LogP contribution is 2.31. The van der Waals surface area contributed by atoms with E-state index in [9.17, 15) is 5.11 Å². The second kappa shape index (κ2) is 4.46. The molecule has 0 radical (unpaired) electrons. The van der Waals surface area contributed by atoms with E-state index in [1.165, 1.54) is 5.30 Å². The van der Waals surface area contributed by atoms with Crippen molar-refractivity contribution in [2.24, 2.45) is 0 Å². The molecule has 0 aliphatic rings. The first kappa shape index (κ1) is 10.2. The van der Waals surface area contributed by atoms with Gasteiger partial charge in [0.05, 0.1) is 0 Å². The van der Waals surface area contributed by atoms with E-state index < -0.39 is 7.92 Å². The van der Waals surface area contributed by atoms with Crippen molar-refractivity contribution >= 4 is 18.5 Å². The molecule has 0 fully saturated rings. The van der Waals surface area contributed by atoms with Crippen LogP contribution in [0.3, 0.4) is 0 Å². The summed E-state index contributed by atoms with van der Waals surface area (Å²) in [5.41, 5.74) is 0. The van der Waals surface area contributed by atoms with Gasteiger partial charge < -0.3 is 5.11 Å². The molecule has 2 rings (SSSR count). The minimum atomic E-state index is -0.442. The summed E-state index contributed by atoms with van der Waals surface area (Å²) >= 11 is 0. The summed E-state index contributed by atoms with van der Waals surface area (Å²) in [5, 5.41) is 12.1. The number of para-hydroxylation sites is 1. The number of rotatable bonds is 2. The van der Waals surface area contributed by atoms with Gasteiger partial charge in [0.2, 0.25) is 0 Å². The van der Waals surface area contributed by atoms with Crippen LogP contribution in [0.25, 0.3) is 0 Å². The van der Waals surface area contributed by atoms with Gasteiger partial charge in [0, 0.05) is 5.30 Å². The predicted molar refractivity (Wildman–Crippen MR) is 66.7 cm³/mol. The number of benzene rings is 2. The Balaban J connectivity index is 2.37. The third-order valence-corrected chi connectivity index (χ3v) is 4.56. The molecule has 0 bridgehead atoms. The Morgan fingerprint density at radius 2 is 1.47 bits per heavy atom. The van der Waals surface area contributed by atoms with Gasteiger partial charge in [-0.1, -0.05) is 48.5 Å². The number of phenols is 1. The van der Waals surface area contributed by atoms with Gasteiger partial charge in [0.1, 0.15) is 5.75 Å². The smallest absolute Gasteiger partial charge is 0.123 e. The fraction of sp³-hybridized carbons (Fsp3) is 0.0769. The van der Waals surface area contributed by atoms with Crippen LogP contribution in [0.15, 0.2) is 54.6 Å². The summed E-state index contributed by atoms with van der Waals surface area (Å²) in [4.78, 5) is 0. The van der Waals surface area contributed by atoms with Gasteiger partial charge in [0.15, 0.2) is 0 Å². The maximum atomic E-state index is 9.76. The zero-order chi connectivity index (χ0) is 10.7. The molecule has 0 aliphatic carbocycles. The predicted octanol–water partition coefficient (Wildman–Crippen LogP) is 2.45. The zero-order valence-electron chi connectivity index (χ0n) is 8.59. The van der Waals surface area contributed by atoms with Crippen molar-refractivity contribution in [2.45, 2.75) is 0 Å². The second-order valence-corrected chi connectivity index (χ2v) is 5.50. The molecule has 0 amide bonds. The molecule has 0 saturated carbocycles. The standard InChI is InChI=1S/C13H13OP/c1-15(11-7-3-2-4-8-11)13-10-6-5-9-12(13)14/h2-10,14H,1H3/t15-/m0/s1. The highest BCUT2D eigenvalue weighted by Gasteiger charge is 2.10. The van der Waals surface area contributed by atoms with Crippen LogP contribution in [0.1, 0.15) is 0 Å². The number of aromatic hydroxyl groups is 1. The van der Waals surface area contributed by atoms with Crippen LogP contribution in [0.4, 0.5) is 0 Å². The van der Waals surface area contributed by atoms with Gasteiger partial charge in [-0.15, -0.1) is 0 Å². The fourth-order valence-electron chi connectivity index (χ4n) is 1.54. The molecule has 0 aliphatic heterocycles. The molecule has 0 spiro atoms. The maximum absolute atomic E-state index is 9.76. The molecule has 2 aromatic carbocycles. The van der Waals surface area contributed by atoms with Gasteiger partial charge in [-0.25, -0.2) is 0 Å². The third kappa shape index (κ3) is 2.19. The first-order valence-corrected chi connectivity index (χ1v) is 6.64. The highest BCUT2D eigenvalue weighted by molar-refractivity contribution is 7.72. The van der Waals surface area contributed by atoms with Crippen molar-refractivity contribution < 1.29 is 5.11 Å². The van der Waals surface area contributed by atoms with Crippen molar-refractivity contribution in [1.29, 1.82) is 0 Å². The molecule has 1 atom stereocenters. The van der Waals surface area contributed by atoms with E-state index in [0.29, 0.717) is 5.75 Å². The first-order valence-electron chi connectivity index (χ1n) is 4.86. The van der Waals surface area contributed by atoms with Crippen molar-refractivity contribution in [3.8, 4) is 5.75 Å². The number of hydrogen-bond donors (Lipinski definition) is 1. The topological polar surface area (TPSA) is 20.2 Å².